The SMILES string of the molecule is Cc1cc(C(F)(F)F)cc(O)c1-c1ccc2cn(C3CC(C)(F)C3)nc2n1. The first-order valence-electron chi connectivity index (χ1n) is 8.49. The van der Waals surface area contributed by atoms with Crippen molar-refractivity contribution in [2.45, 2.75) is 44.6 Å². The number of phenols is 1. The number of nitrogens with zero attached hydrogens (tertiary/aromatic N) is 3. The van der Waals surface area contributed by atoms with Gasteiger partial charge in [-0.1, -0.05) is 0 Å². The van der Waals surface area contributed by atoms with E-state index in [9.17, 15) is 22.7 Å². The number of hydrogen-bond donors (Lipinski definition) is 1. The fourth-order valence-electron chi connectivity index (χ4n) is 3.62. The van der Waals surface area contributed by atoms with Crippen LogP contribution in [0.25, 0.3) is 22.3 Å². The summed E-state index contributed by atoms with van der Waals surface area (Å²) in [5.41, 5.74) is -0.852. The van der Waals surface area contributed by atoms with Crippen LogP contribution in [0.1, 0.15) is 36.9 Å². The minimum absolute atomic E-state index is 0.0288. The summed E-state index contributed by atoms with van der Waals surface area (Å²) in [6.07, 6.45) is -1.99. The molecule has 8 heteroatoms. The van der Waals surface area contributed by atoms with E-state index in [4.69, 9.17) is 0 Å². The first kappa shape index (κ1) is 17.8. The normalized spacial score (nSPS) is 22.8. The van der Waals surface area contributed by atoms with Crippen LogP contribution in [0.3, 0.4) is 0 Å². The summed E-state index contributed by atoms with van der Waals surface area (Å²) in [6.45, 7) is 3.05. The van der Waals surface area contributed by atoms with Gasteiger partial charge < -0.3 is 5.11 Å². The van der Waals surface area contributed by atoms with Crippen LogP contribution in [0.4, 0.5) is 17.6 Å². The zero-order valence-electron chi connectivity index (χ0n) is 14.7. The number of rotatable bonds is 2. The number of benzene rings is 1. The Morgan fingerprint density at radius 3 is 2.52 bits per heavy atom. The van der Waals surface area contributed by atoms with Crippen LogP contribution in [0.15, 0.2) is 30.5 Å². The molecule has 0 aliphatic heterocycles. The van der Waals surface area contributed by atoms with Gasteiger partial charge in [0.25, 0.3) is 0 Å². The molecule has 0 saturated heterocycles. The molecule has 4 nitrogen and oxygen atoms in total. The van der Waals surface area contributed by atoms with Gasteiger partial charge in [-0.2, -0.15) is 18.3 Å². The molecule has 0 bridgehead atoms. The van der Waals surface area contributed by atoms with Crippen LogP contribution in [0, 0.1) is 6.92 Å². The van der Waals surface area contributed by atoms with Crippen LogP contribution >= 0.6 is 0 Å². The topological polar surface area (TPSA) is 50.9 Å². The van der Waals surface area contributed by atoms with E-state index in [1.807, 2.05) is 0 Å². The van der Waals surface area contributed by atoms with Crippen molar-refractivity contribution in [2.24, 2.45) is 0 Å². The predicted molar refractivity (Wildman–Crippen MR) is 92.2 cm³/mol. The zero-order chi connectivity index (χ0) is 19.6. The smallest absolute Gasteiger partial charge is 0.416 e. The summed E-state index contributed by atoms with van der Waals surface area (Å²) in [5.74, 6) is -0.485. The minimum atomic E-state index is -4.54. The predicted octanol–water partition coefficient (Wildman–Crippen LogP) is 5.19. The van der Waals surface area contributed by atoms with E-state index in [-0.39, 0.29) is 17.2 Å². The highest BCUT2D eigenvalue weighted by Crippen LogP contribution is 2.44. The van der Waals surface area contributed by atoms with Gasteiger partial charge in [-0.3, -0.25) is 4.68 Å². The van der Waals surface area contributed by atoms with Crippen molar-refractivity contribution in [2.75, 3.05) is 0 Å². The van der Waals surface area contributed by atoms with Gasteiger partial charge in [0.1, 0.15) is 11.4 Å². The second-order valence-electron chi connectivity index (χ2n) is 7.38. The molecule has 2 aromatic heterocycles. The molecule has 0 spiro atoms. The number of aromatic hydroxyl groups is 1. The lowest BCUT2D eigenvalue weighted by Crippen LogP contribution is -2.38. The Labute approximate surface area is 152 Å². The lowest BCUT2D eigenvalue weighted by Gasteiger charge is -2.38. The molecule has 27 heavy (non-hydrogen) atoms. The quantitative estimate of drug-likeness (QED) is 0.623. The lowest BCUT2D eigenvalue weighted by molar-refractivity contribution is -0.137. The fraction of sp³-hybridized carbons (Fsp3) is 0.368. The van der Waals surface area contributed by atoms with Crippen molar-refractivity contribution >= 4 is 11.0 Å². The Hall–Kier alpha value is -2.64. The van der Waals surface area contributed by atoms with Crippen LogP contribution in [0.2, 0.25) is 0 Å². The van der Waals surface area contributed by atoms with Crippen LogP contribution in [-0.4, -0.2) is 25.5 Å². The second kappa shape index (κ2) is 5.68. The van der Waals surface area contributed by atoms with Gasteiger partial charge in [0, 0.05) is 30.0 Å². The third kappa shape index (κ3) is 3.13. The van der Waals surface area contributed by atoms with E-state index in [1.54, 1.807) is 29.9 Å². The molecule has 1 N–H and O–H groups in total. The lowest BCUT2D eigenvalue weighted by atomic mass is 9.79. The van der Waals surface area contributed by atoms with Crippen molar-refractivity contribution in [3.8, 4) is 17.0 Å². The summed E-state index contributed by atoms with van der Waals surface area (Å²) in [7, 11) is 0. The molecule has 0 atom stereocenters. The molecular weight excluding hydrogens is 362 g/mol. The molecule has 0 amide bonds. The molecule has 0 radical (unpaired) electrons. The average molecular weight is 379 g/mol. The number of aryl methyl sites for hydroxylation is 1. The fourth-order valence-corrected chi connectivity index (χ4v) is 3.62. The van der Waals surface area contributed by atoms with Crippen molar-refractivity contribution in [3.05, 3.63) is 41.6 Å². The van der Waals surface area contributed by atoms with Crippen molar-refractivity contribution in [1.82, 2.24) is 14.8 Å². The number of aromatic nitrogens is 3. The Kier molecular flexibility index (Phi) is 3.73. The Balaban J connectivity index is 1.72. The van der Waals surface area contributed by atoms with Crippen molar-refractivity contribution < 1.29 is 22.7 Å². The molecule has 1 fully saturated rings. The number of halogens is 4. The van der Waals surface area contributed by atoms with Crippen LogP contribution in [0.5, 0.6) is 5.75 Å². The number of fused-ring (bicyclic) bond motifs is 1. The Morgan fingerprint density at radius 1 is 1.22 bits per heavy atom. The van der Waals surface area contributed by atoms with Gasteiger partial charge >= 0.3 is 6.18 Å². The van der Waals surface area contributed by atoms with E-state index in [2.05, 4.69) is 10.1 Å². The maximum atomic E-state index is 13.7. The highest BCUT2D eigenvalue weighted by Gasteiger charge is 2.42. The third-order valence-corrected chi connectivity index (χ3v) is 4.98. The first-order valence-corrected chi connectivity index (χ1v) is 8.49. The standard InChI is InChI=1S/C19H17F4N3O/c1-10-5-12(19(21,22)23)6-15(27)16(10)14-4-3-11-9-26(25-17(11)24-14)13-7-18(2,20)8-13/h3-6,9,13,27H,7-8H2,1-2H3. The highest BCUT2D eigenvalue weighted by molar-refractivity contribution is 5.80. The Bertz CT molecular complexity index is 1010. The van der Waals surface area contributed by atoms with Gasteiger partial charge in [0.2, 0.25) is 0 Å². The highest BCUT2D eigenvalue weighted by atomic mass is 19.4. The molecule has 1 aliphatic rings. The summed E-state index contributed by atoms with van der Waals surface area (Å²) in [5, 5.41) is 15.3. The molecular formula is C19H17F4N3O. The monoisotopic (exact) mass is 379 g/mol. The maximum absolute atomic E-state index is 13.7. The molecule has 1 aliphatic carbocycles. The van der Waals surface area contributed by atoms with Gasteiger partial charge in [0.15, 0.2) is 5.65 Å². The van der Waals surface area contributed by atoms with E-state index < -0.39 is 23.2 Å². The molecule has 3 aromatic rings. The van der Waals surface area contributed by atoms with Gasteiger partial charge in [-0.05, 0) is 43.7 Å². The van der Waals surface area contributed by atoms with Gasteiger partial charge in [-0.25, -0.2) is 9.37 Å². The third-order valence-electron chi connectivity index (χ3n) is 4.98. The first-order chi connectivity index (χ1) is 12.5. The maximum Gasteiger partial charge on any atom is 0.416 e. The Morgan fingerprint density at radius 2 is 1.93 bits per heavy atom. The van der Waals surface area contributed by atoms with Crippen molar-refractivity contribution in [3.63, 3.8) is 0 Å². The molecule has 1 aromatic carbocycles. The number of alkyl halides is 4. The average Bonchev–Trinajstić information content (AvgIpc) is 2.94. The number of phenolic OH excluding ortho intramolecular Hbond substituents is 1. The molecule has 142 valence electrons. The zero-order valence-corrected chi connectivity index (χ0v) is 14.7. The molecule has 2 heterocycles. The van der Waals surface area contributed by atoms with E-state index in [0.717, 1.165) is 11.5 Å². The number of pyridine rings is 1. The second-order valence-corrected chi connectivity index (χ2v) is 7.38. The number of hydrogen-bond acceptors (Lipinski definition) is 3. The van der Waals surface area contributed by atoms with E-state index in [1.165, 1.54) is 6.92 Å². The minimum Gasteiger partial charge on any atom is -0.507 e. The summed E-state index contributed by atoms with van der Waals surface area (Å²) in [6, 6.07) is 5.02. The van der Waals surface area contributed by atoms with Crippen molar-refractivity contribution in [1.29, 1.82) is 0 Å². The molecule has 1 saturated carbocycles. The largest absolute Gasteiger partial charge is 0.507 e. The summed E-state index contributed by atoms with van der Waals surface area (Å²) in [4.78, 5) is 4.39. The van der Waals surface area contributed by atoms with Gasteiger partial charge in [0.05, 0.1) is 17.3 Å². The van der Waals surface area contributed by atoms with Gasteiger partial charge in [-0.15, -0.1) is 0 Å². The van der Waals surface area contributed by atoms with E-state index >= 15 is 0 Å². The summed E-state index contributed by atoms with van der Waals surface area (Å²) < 4.78 is 54.1. The van der Waals surface area contributed by atoms with Crippen LogP contribution in [-0.2, 0) is 6.18 Å². The van der Waals surface area contributed by atoms with Crippen LogP contribution < -0.4 is 0 Å². The summed E-state index contributed by atoms with van der Waals surface area (Å²) >= 11 is 0. The van der Waals surface area contributed by atoms with E-state index in [0.29, 0.717) is 30.2 Å². The molecule has 0 unspecified atom stereocenters. The molecule has 4 rings (SSSR count).